The Labute approximate surface area is 186 Å². The number of nitrogens with zero attached hydrogens (tertiary/aromatic N) is 4. The van der Waals surface area contributed by atoms with Crippen LogP contribution in [0.4, 0.5) is 23.0 Å². The highest BCUT2D eigenvalue weighted by atomic mass is 16.6. The fraction of sp³-hybridized carbons (Fsp3) is 0.120. The van der Waals surface area contributed by atoms with Crippen molar-refractivity contribution in [1.29, 1.82) is 0 Å². The first-order valence-electron chi connectivity index (χ1n) is 10.3. The third-order valence-electron chi connectivity index (χ3n) is 5.00. The molecule has 0 unspecified atom stereocenters. The lowest BCUT2D eigenvalue weighted by Crippen LogP contribution is -2.24. The molecule has 4 aromatic rings. The van der Waals surface area contributed by atoms with Gasteiger partial charge in [-0.05, 0) is 35.7 Å². The van der Waals surface area contributed by atoms with E-state index in [1.165, 1.54) is 6.33 Å². The summed E-state index contributed by atoms with van der Waals surface area (Å²) in [6.45, 7) is 2.90. The van der Waals surface area contributed by atoms with Crippen LogP contribution in [0.15, 0.2) is 91.3 Å². The van der Waals surface area contributed by atoms with Gasteiger partial charge in [0, 0.05) is 18.8 Å². The summed E-state index contributed by atoms with van der Waals surface area (Å²) in [5.74, 6) is 0.435. The van der Waals surface area contributed by atoms with Crippen molar-refractivity contribution in [1.82, 2.24) is 9.97 Å². The topological polar surface area (TPSA) is 84.2 Å². The smallest absolute Gasteiger partial charge is 0.342 e. The van der Waals surface area contributed by atoms with Gasteiger partial charge in [0.05, 0.1) is 4.92 Å². The second kappa shape index (κ2) is 9.70. The SMILES string of the molecule is Cc1cccc(Nc2ncnc(N(Cc3ccccc3)Cc3ccccc3)c2[N+](=O)[O-])c1. The average Bonchev–Trinajstić information content (AvgIpc) is 2.80. The molecule has 1 heterocycles. The molecular formula is C25H23N5O2. The number of rotatable bonds is 8. The van der Waals surface area contributed by atoms with Gasteiger partial charge in [-0.3, -0.25) is 10.1 Å². The molecule has 4 rings (SSSR count). The Bertz CT molecular complexity index is 1160. The van der Waals surface area contributed by atoms with E-state index < -0.39 is 4.92 Å². The van der Waals surface area contributed by atoms with Crippen LogP contribution in [-0.2, 0) is 13.1 Å². The molecule has 7 heteroatoms. The lowest BCUT2D eigenvalue weighted by molar-refractivity contribution is -0.383. The lowest BCUT2D eigenvalue weighted by atomic mass is 10.1. The molecule has 0 fully saturated rings. The lowest BCUT2D eigenvalue weighted by Gasteiger charge is -2.24. The predicted molar refractivity (Wildman–Crippen MR) is 126 cm³/mol. The maximum absolute atomic E-state index is 12.2. The Hall–Kier alpha value is -4.26. The number of aryl methyl sites for hydroxylation is 1. The molecule has 0 spiro atoms. The number of anilines is 3. The molecule has 0 radical (unpaired) electrons. The fourth-order valence-electron chi connectivity index (χ4n) is 3.53. The number of hydrogen-bond donors (Lipinski definition) is 1. The molecule has 1 aromatic heterocycles. The number of nitro groups is 1. The van der Waals surface area contributed by atoms with E-state index in [0.29, 0.717) is 13.1 Å². The minimum absolute atomic E-state index is 0.152. The molecule has 0 saturated carbocycles. The van der Waals surface area contributed by atoms with Crippen molar-refractivity contribution in [2.24, 2.45) is 0 Å². The van der Waals surface area contributed by atoms with Gasteiger partial charge in [-0.1, -0.05) is 72.8 Å². The Balaban J connectivity index is 1.76. The summed E-state index contributed by atoms with van der Waals surface area (Å²) in [4.78, 5) is 22.2. The summed E-state index contributed by atoms with van der Waals surface area (Å²) < 4.78 is 0. The van der Waals surface area contributed by atoms with Gasteiger partial charge in [-0.2, -0.15) is 0 Å². The highest BCUT2D eigenvalue weighted by molar-refractivity contribution is 5.74. The average molecular weight is 425 g/mol. The summed E-state index contributed by atoms with van der Waals surface area (Å²) in [5.41, 5.74) is 3.69. The third-order valence-corrected chi connectivity index (χ3v) is 5.00. The maximum atomic E-state index is 12.2. The highest BCUT2D eigenvalue weighted by Crippen LogP contribution is 2.35. The van der Waals surface area contributed by atoms with E-state index in [9.17, 15) is 10.1 Å². The fourth-order valence-corrected chi connectivity index (χ4v) is 3.53. The Kier molecular flexibility index (Phi) is 6.36. The van der Waals surface area contributed by atoms with Crippen LogP contribution in [0.3, 0.4) is 0 Å². The van der Waals surface area contributed by atoms with Crippen molar-refractivity contribution in [3.8, 4) is 0 Å². The highest BCUT2D eigenvalue weighted by Gasteiger charge is 2.27. The van der Waals surface area contributed by atoms with Crippen LogP contribution in [0, 0.1) is 17.0 Å². The first-order valence-corrected chi connectivity index (χ1v) is 10.3. The zero-order valence-corrected chi connectivity index (χ0v) is 17.7. The first kappa shape index (κ1) is 21.0. The van der Waals surface area contributed by atoms with Crippen LogP contribution in [0.1, 0.15) is 16.7 Å². The van der Waals surface area contributed by atoms with E-state index in [2.05, 4.69) is 15.3 Å². The molecule has 32 heavy (non-hydrogen) atoms. The standard InChI is InChI=1S/C25H23N5O2/c1-19-9-8-14-22(15-19)28-24-23(30(31)32)25(27-18-26-24)29(16-20-10-4-2-5-11-20)17-21-12-6-3-7-13-21/h2-15,18H,16-17H2,1H3,(H,26,27,28). The largest absolute Gasteiger partial charge is 0.353 e. The van der Waals surface area contributed by atoms with Crippen LogP contribution in [0.2, 0.25) is 0 Å². The van der Waals surface area contributed by atoms with E-state index >= 15 is 0 Å². The Morgan fingerprint density at radius 2 is 1.50 bits per heavy atom. The van der Waals surface area contributed by atoms with Gasteiger partial charge < -0.3 is 10.2 Å². The molecule has 0 aliphatic rings. The monoisotopic (exact) mass is 425 g/mol. The second-order valence-electron chi connectivity index (χ2n) is 7.47. The second-order valence-corrected chi connectivity index (χ2v) is 7.47. The van der Waals surface area contributed by atoms with Crippen molar-refractivity contribution in [2.75, 3.05) is 10.2 Å². The van der Waals surface area contributed by atoms with Crippen molar-refractivity contribution in [2.45, 2.75) is 20.0 Å². The summed E-state index contributed by atoms with van der Waals surface area (Å²) in [7, 11) is 0. The van der Waals surface area contributed by atoms with Crippen LogP contribution < -0.4 is 10.2 Å². The molecule has 1 N–H and O–H groups in total. The minimum Gasteiger partial charge on any atom is -0.342 e. The van der Waals surface area contributed by atoms with Crippen molar-refractivity contribution >= 4 is 23.0 Å². The van der Waals surface area contributed by atoms with Crippen LogP contribution >= 0.6 is 0 Å². The maximum Gasteiger partial charge on any atom is 0.353 e. The number of nitrogens with one attached hydrogen (secondary N) is 1. The van der Waals surface area contributed by atoms with Gasteiger partial charge in [0.1, 0.15) is 6.33 Å². The van der Waals surface area contributed by atoms with Crippen molar-refractivity contribution < 1.29 is 4.92 Å². The van der Waals surface area contributed by atoms with Gasteiger partial charge in [-0.25, -0.2) is 9.97 Å². The van der Waals surface area contributed by atoms with E-state index in [0.717, 1.165) is 22.4 Å². The molecule has 0 atom stereocenters. The predicted octanol–water partition coefficient (Wildman–Crippen LogP) is 5.64. The molecule has 0 amide bonds. The molecular weight excluding hydrogens is 402 g/mol. The van der Waals surface area contributed by atoms with Gasteiger partial charge in [0.15, 0.2) is 0 Å². The van der Waals surface area contributed by atoms with Crippen molar-refractivity contribution in [3.05, 3.63) is 118 Å². The summed E-state index contributed by atoms with van der Waals surface area (Å²) in [6, 6.07) is 27.3. The Morgan fingerprint density at radius 3 is 2.06 bits per heavy atom. The van der Waals surface area contributed by atoms with E-state index in [4.69, 9.17) is 0 Å². The number of hydrogen-bond acceptors (Lipinski definition) is 6. The Morgan fingerprint density at radius 1 is 0.875 bits per heavy atom. The summed E-state index contributed by atoms with van der Waals surface area (Å²) >= 11 is 0. The first-order chi connectivity index (χ1) is 15.6. The van der Waals surface area contributed by atoms with E-state index in [-0.39, 0.29) is 17.3 Å². The molecule has 7 nitrogen and oxygen atoms in total. The van der Waals surface area contributed by atoms with Crippen molar-refractivity contribution in [3.63, 3.8) is 0 Å². The number of aromatic nitrogens is 2. The van der Waals surface area contributed by atoms with Crippen LogP contribution in [0.25, 0.3) is 0 Å². The van der Waals surface area contributed by atoms with Crippen LogP contribution in [-0.4, -0.2) is 14.9 Å². The van der Waals surface area contributed by atoms with Gasteiger partial charge in [-0.15, -0.1) is 0 Å². The normalized spacial score (nSPS) is 10.5. The third kappa shape index (κ3) is 5.07. The van der Waals surface area contributed by atoms with E-state index in [1.54, 1.807) is 0 Å². The van der Waals surface area contributed by atoms with Crippen LogP contribution in [0.5, 0.6) is 0 Å². The molecule has 0 bridgehead atoms. The molecule has 160 valence electrons. The molecule has 0 aliphatic carbocycles. The van der Waals surface area contributed by atoms with E-state index in [1.807, 2.05) is 96.8 Å². The van der Waals surface area contributed by atoms with Gasteiger partial charge in [0.2, 0.25) is 11.6 Å². The zero-order valence-electron chi connectivity index (χ0n) is 17.7. The van der Waals surface area contributed by atoms with Gasteiger partial charge >= 0.3 is 5.69 Å². The van der Waals surface area contributed by atoms with Gasteiger partial charge in [0.25, 0.3) is 0 Å². The number of benzene rings is 3. The molecule has 3 aromatic carbocycles. The molecule has 0 saturated heterocycles. The quantitative estimate of drug-likeness (QED) is 0.290. The molecule has 0 aliphatic heterocycles. The minimum atomic E-state index is -0.420. The summed E-state index contributed by atoms with van der Waals surface area (Å²) in [5, 5.41) is 15.3. The zero-order chi connectivity index (χ0) is 22.3. The summed E-state index contributed by atoms with van der Waals surface area (Å²) in [6.07, 6.45) is 1.36.